The lowest BCUT2D eigenvalue weighted by molar-refractivity contribution is -2.00. The summed E-state index contributed by atoms with van der Waals surface area (Å²) < 4.78 is 36.3. The molecule has 5 nitrogen and oxygen atoms in total. The minimum atomic E-state index is -4.94. The third kappa shape index (κ3) is 5.87. The average Bonchev–Trinajstić information content (AvgIpc) is 3.04. The quantitative estimate of drug-likeness (QED) is 0.496. The van der Waals surface area contributed by atoms with E-state index in [4.69, 9.17) is 18.6 Å². The molecule has 0 bridgehead atoms. The number of thioether (sulfide) groups is 1. The van der Waals surface area contributed by atoms with Crippen LogP contribution in [-0.2, 0) is 5.41 Å². The van der Waals surface area contributed by atoms with E-state index in [1.807, 2.05) is 11.8 Å². The minimum absolute atomic E-state index is 0.00229. The molecule has 0 N–H and O–H groups in total. The van der Waals surface area contributed by atoms with Crippen molar-refractivity contribution in [2.45, 2.75) is 24.2 Å². The maximum Gasteiger partial charge on any atom is 0.209 e. The van der Waals surface area contributed by atoms with E-state index in [2.05, 4.69) is 129 Å². The molecule has 7 heteroatoms. The van der Waals surface area contributed by atoms with E-state index in [0.29, 0.717) is 0 Å². The van der Waals surface area contributed by atoms with Gasteiger partial charge in [0.05, 0.1) is 5.41 Å². The van der Waals surface area contributed by atoms with Gasteiger partial charge < -0.3 is 0 Å². The highest BCUT2D eigenvalue weighted by atomic mass is 35.7. The smallest absolute Gasteiger partial charge is 0.209 e. The second-order valence-electron chi connectivity index (χ2n) is 8.91. The van der Waals surface area contributed by atoms with Crippen molar-refractivity contribution in [1.29, 1.82) is 0 Å². The number of nitrogens with zero attached hydrogens (tertiary/aromatic N) is 1. The van der Waals surface area contributed by atoms with E-state index in [1.165, 1.54) is 43.5 Å². The molecule has 0 atom stereocenters. The summed E-state index contributed by atoms with van der Waals surface area (Å²) in [4.78, 5) is 2.56. The molecule has 2 heterocycles. The third-order valence-electron chi connectivity index (χ3n) is 6.23. The van der Waals surface area contributed by atoms with Crippen LogP contribution in [0.5, 0.6) is 0 Å². The van der Waals surface area contributed by atoms with Gasteiger partial charge in [-0.1, -0.05) is 84.6 Å². The first-order valence-electron chi connectivity index (χ1n) is 11.3. The monoisotopic (exact) mass is 519 g/mol. The van der Waals surface area contributed by atoms with E-state index in [-0.39, 0.29) is 5.41 Å². The average molecular weight is 520 g/mol. The summed E-state index contributed by atoms with van der Waals surface area (Å²) in [5.74, 6) is 0. The number of benzene rings is 3. The highest BCUT2D eigenvalue weighted by Crippen LogP contribution is 2.43. The molecule has 0 unspecified atom stereocenters. The molecule has 0 spiro atoms. The molecular formula is C29H26ClNO4S. The molecule has 3 aromatic rings. The van der Waals surface area contributed by atoms with E-state index >= 15 is 0 Å². The van der Waals surface area contributed by atoms with E-state index in [1.54, 1.807) is 0 Å². The van der Waals surface area contributed by atoms with Gasteiger partial charge in [-0.3, -0.25) is 0 Å². The van der Waals surface area contributed by atoms with Gasteiger partial charge in [0.15, 0.2) is 5.71 Å². The standard InChI is InChI=1S/C29H26NS.ClHO4/c1-29(2)25-16-8-9-17-26(25)30(3)28(29)19-11-14-22-20-24(21-12-5-4-6-13-21)23-15-7-10-18-27(23)31-22;2-1(3,4)5/h4-20H,1-3H3;(H,2,3,4,5)/q+1;/p-1/b19-11+,22-14+;. The highest BCUT2D eigenvalue weighted by Gasteiger charge is 2.42. The first-order valence-corrected chi connectivity index (χ1v) is 13.4. The Morgan fingerprint density at radius 1 is 0.833 bits per heavy atom. The Hall–Kier alpha value is -2.97. The Bertz CT molecular complexity index is 1380. The van der Waals surface area contributed by atoms with E-state index in [0.717, 1.165) is 0 Å². The normalized spacial score (nSPS) is 17.4. The van der Waals surface area contributed by atoms with Gasteiger partial charge in [0.1, 0.15) is 7.05 Å². The first-order chi connectivity index (χ1) is 17.1. The number of hydrogen-bond donors (Lipinski definition) is 0. The van der Waals surface area contributed by atoms with Gasteiger partial charge in [0, 0.05) is 27.5 Å². The second-order valence-corrected chi connectivity index (χ2v) is 10.8. The summed E-state index contributed by atoms with van der Waals surface area (Å²) in [6, 6.07) is 28.0. The third-order valence-corrected chi connectivity index (χ3v) is 7.30. The van der Waals surface area contributed by atoms with Gasteiger partial charge in [0.25, 0.3) is 0 Å². The fourth-order valence-corrected chi connectivity index (χ4v) is 5.64. The molecule has 0 amide bonds. The number of hydrogen-bond acceptors (Lipinski definition) is 5. The van der Waals surface area contributed by atoms with Crippen LogP contribution in [0.15, 0.2) is 113 Å². The van der Waals surface area contributed by atoms with Gasteiger partial charge in [-0.2, -0.15) is 4.58 Å². The fourth-order valence-electron chi connectivity index (χ4n) is 4.63. The van der Waals surface area contributed by atoms with Gasteiger partial charge in [-0.15, -0.1) is 10.2 Å². The molecule has 0 saturated carbocycles. The van der Waals surface area contributed by atoms with Gasteiger partial charge in [-0.25, -0.2) is 18.6 Å². The van der Waals surface area contributed by atoms with E-state index < -0.39 is 10.2 Å². The first kappa shape index (κ1) is 26.1. The van der Waals surface area contributed by atoms with Crippen LogP contribution < -0.4 is 18.6 Å². The minimum Gasteiger partial charge on any atom is -0.222 e. The highest BCUT2D eigenvalue weighted by molar-refractivity contribution is 8.03. The lowest BCUT2D eigenvalue weighted by Gasteiger charge is -2.19. The summed E-state index contributed by atoms with van der Waals surface area (Å²) in [6.45, 7) is 4.61. The molecule has 0 radical (unpaired) electrons. The molecule has 0 aromatic heterocycles. The van der Waals surface area contributed by atoms with Crippen LogP contribution in [0.2, 0.25) is 0 Å². The number of rotatable bonds is 3. The molecule has 5 rings (SSSR count). The zero-order chi connectivity index (χ0) is 25.9. The Morgan fingerprint density at radius 2 is 1.44 bits per heavy atom. The van der Waals surface area contributed by atoms with Crippen LogP contribution in [0.3, 0.4) is 0 Å². The number of fused-ring (bicyclic) bond motifs is 2. The molecular weight excluding hydrogens is 494 g/mol. The number of halogens is 1. The Morgan fingerprint density at radius 3 is 2.14 bits per heavy atom. The summed E-state index contributed by atoms with van der Waals surface area (Å²) in [5.41, 5.74) is 7.85. The van der Waals surface area contributed by atoms with Crippen molar-refractivity contribution in [2.24, 2.45) is 0 Å². The molecule has 2 aliphatic rings. The Labute approximate surface area is 217 Å². The molecule has 2 aliphatic heterocycles. The number of para-hydroxylation sites is 1. The molecule has 3 aromatic carbocycles. The number of allylic oxidation sites excluding steroid dienone is 4. The summed E-state index contributed by atoms with van der Waals surface area (Å²) >= 11 is 1.84. The maximum absolute atomic E-state index is 8.49. The van der Waals surface area contributed by atoms with Crippen molar-refractivity contribution in [3.63, 3.8) is 0 Å². The zero-order valence-electron chi connectivity index (χ0n) is 20.2. The van der Waals surface area contributed by atoms with Crippen LogP contribution >= 0.6 is 11.8 Å². The molecule has 0 aliphatic carbocycles. The van der Waals surface area contributed by atoms with Gasteiger partial charge >= 0.3 is 0 Å². The molecule has 0 saturated heterocycles. The van der Waals surface area contributed by atoms with Crippen molar-refractivity contribution in [1.82, 2.24) is 0 Å². The summed E-state index contributed by atoms with van der Waals surface area (Å²) in [6.07, 6.45) is 9.03. The van der Waals surface area contributed by atoms with Crippen LogP contribution in [0.1, 0.15) is 30.5 Å². The van der Waals surface area contributed by atoms with Gasteiger partial charge in [0.2, 0.25) is 5.69 Å². The van der Waals surface area contributed by atoms with Crippen molar-refractivity contribution >= 4 is 28.7 Å². The Balaban J connectivity index is 0.000000556. The topological polar surface area (TPSA) is 95.2 Å². The fraction of sp³-hybridized carbons (Fsp3) is 0.138. The predicted molar refractivity (Wildman–Crippen MR) is 133 cm³/mol. The van der Waals surface area contributed by atoms with Crippen LogP contribution in [0, 0.1) is 10.2 Å². The second kappa shape index (κ2) is 10.6. The summed E-state index contributed by atoms with van der Waals surface area (Å²) in [5, 5.41) is 0. The van der Waals surface area contributed by atoms with Crippen molar-refractivity contribution in [2.75, 3.05) is 7.05 Å². The summed E-state index contributed by atoms with van der Waals surface area (Å²) in [7, 11) is -2.78. The maximum atomic E-state index is 8.49. The van der Waals surface area contributed by atoms with Crippen molar-refractivity contribution in [3.8, 4) is 0 Å². The zero-order valence-corrected chi connectivity index (χ0v) is 21.8. The van der Waals surface area contributed by atoms with E-state index in [9.17, 15) is 0 Å². The lowest BCUT2D eigenvalue weighted by atomic mass is 9.81. The SMILES string of the molecule is C[N+]1=C(/C=C/C=C2\C=C(c3ccccc3)c3ccccc3S2)C(C)(C)c2ccccc21.[O-][Cl+3]([O-])([O-])[O-]. The molecule has 184 valence electrons. The largest absolute Gasteiger partial charge is 0.222 e. The predicted octanol–water partition coefficient (Wildman–Crippen LogP) is 2.61. The molecule has 36 heavy (non-hydrogen) atoms. The van der Waals surface area contributed by atoms with Crippen molar-refractivity contribution < 1.29 is 33.5 Å². The Kier molecular flexibility index (Phi) is 7.66. The van der Waals surface area contributed by atoms with Crippen LogP contribution in [0.25, 0.3) is 5.57 Å². The lowest BCUT2D eigenvalue weighted by Crippen LogP contribution is -2.68. The van der Waals surface area contributed by atoms with Gasteiger partial charge in [-0.05, 0) is 48.8 Å². The molecule has 0 fully saturated rings. The van der Waals surface area contributed by atoms with Crippen LogP contribution in [0.4, 0.5) is 5.69 Å². The van der Waals surface area contributed by atoms with Crippen molar-refractivity contribution in [3.05, 3.63) is 125 Å². The van der Waals surface area contributed by atoms with Crippen LogP contribution in [-0.4, -0.2) is 17.3 Å².